The van der Waals surface area contributed by atoms with Gasteiger partial charge >= 0.3 is 6.18 Å². The van der Waals surface area contributed by atoms with E-state index in [4.69, 9.17) is 0 Å². The lowest BCUT2D eigenvalue weighted by Gasteiger charge is -2.18. The van der Waals surface area contributed by atoms with Crippen molar-refractivity contribution in [1.82, 2.24) is 0 Å². The summed E-state index contributed by atoms with van der Waals surface area (Å²) in [7, 11) is 0. The van der Waals surface area contributed by atoms with Crippen molar-refractivity contribution in [2.75, 3.05) is 0 Å². The highest BCUT2D eigenvalue weighted by Crippen LogP contribution is 2.33. The summed E-state index contributed by atoms with van der Waals surface area (Å²) in [4.78, 5) is 12.6. The third-order valence-electron chi connectivity index (χ3n) is 4.33. The zero-order valence-corrected chi connectivity index (χ0v) is 13.9. The number of benzene rings is 3. The molecule has 0 N–H and O–H groups in total. The molecular weight excluding hydrogens is 337 g/mol. The molecule has 0 aliphatic rings. The maximum absolute atomic E-state index is 12.8. The van der Waals surface area contributed by atoms with Gasteiger partial charge < -0.3 is 0 Å². The molecule has 0 saturated carbocycles. The highest BCUT2D eigenvalue weighted by atomic mass is 19.4. The van der Waals surface area contributed by atoms with Crippen LogP contribution in [-0.2, 0) is 6.18 Å². The molecule has 0 radical (unpaired) electrons. The maximum Gasteiger partial charge on any atom is 0.416 e. The summed E-state index contributed by atoms with van der Waals surface area (Å²) < 4.78 is 38.5. The average molecular weight is 354 g/mol. The van der Waals surface area contributed by atoms with Crippen LogP contribution in [-0.4, -0.2) is 5.78 Å². The second-order valence-corrected chi connectivity index (χ2v) is 6.08. The Morgan fingerprint density at radius 2 is 1.23 bits per heavy atom. The van der Waals surface area contributed by atoms with Gasteiger partial charge in [-0.05, 0) is 23.3 Å². The molecular formula is C22H17F3O. The number of rotatable bonds is 5. The van der Waals surface area contributed by atoms with Gasteiger partial charge in [-0.1, -0.05) is 72.8 Å². The third-order valence-corrected chi connectivity index (χ3v) is 4.33. The molecule has 4 heteroatoms. The lowest BCUT2D eigenvalue weighted by Crippen LogP contribution is -2.10. The van der Waals surface area contributed by atoms with Crippen LogP contribution in [0.5, 0.6) is 0 Å². The van der Waals surface area contributed by atoms with Crippen LogP contribution in [0.1, 0.15) is 39.4 Å². The Morgan fingerprint density at radius 3 is 1.77 bits per heavy atom. The summed E-state index contributed by atoms with van der Waals surface area (Å²) >= 11 is 0. The zero-order chi connectivity index (χ0) is 18.6. The van der Waals surface area contributed by atoms with Crippen LogP contribution in [0.25, 0.3) is 0 Å². The van der Waals surface area contributed by atoms with E-state index in [1.165, 1.54) is 12.1 Å². The molecule has 0 saturated heterocycles. The van der Waals surface area contributed by atoms with E-state index < -0.39 is 11.7 Å². The van der Waals surface area contributed by atoms with Crippen molar-refractivity contribution in [3.8, 4) is 0 Å². The quantitative estimate of drug-likeness (QED) is 0.505. The van der Waals surface area contributed by atoms with Crippen LogP contribution in [0.3, 0.4) is 0 Å². The summed E-state index contributed by atoms with van der Waals surface area (Å²) in [5.74, 6) is -0.342. The van der Waals surface area contributed by atoms with Gasteiger partial charge in [-0.2, -0.15) is 13.2 Å². The van der Waals surface area contributed by atoms with Crippen LogP contribution in [0.2, 0.25) is 0 Å². The van der Waals surface area contributed by atoms with E-state index in [1.54, 1.807) is 24.3 Å². The standard InChI is InChI=1S/C22H17F3O/c23-22(24,25)19-13-11-17(12-14-19)20(16-7-3-1-4-8-16)15-21(26)18-9-5-2-6-10-18/h1-14,20H,15H2. The van der Waals surface area contributed by atoms with Crippen LogP contribution in [0.15, 0.2) is 84.9 Å². The third kappa shape index (κ3) is 4.20. The number of alkyl halides is 3. The van der Waals surface area contributed by atoms with Crippen LogP contribution in [0.4, 0.5) is 13.2 Å². The minimum Gasteiger partial charge on any atom is -0.294 e. The van der Waals surface area contributed by atoms with E-state index in [-0.39, 0.29) is 18.1 Å². The van der Waals surface area contributed by atoms with Crippen LogP contribution >= 0.6 is 0 Å². The normalized spacial score (nSPS) is 12.6. The molecule has 0 bridgehead atoms. The highest BCUT2D eigenvalue weighted by molar-refractivity contribution is 5.96. The first kappa shape index (κ1) is 17.9. The zero-order valence-electron chi connectivity index (χ0n) is 13.9. The SMILES string of the molecule is O=C(CC(c1ccccc1)c1ccc(C(F)(F)F)cc1)c1ccccc1. The van der Waals surface area contributed by atoms with E-state index >= 15 is 0 Å². The number of halogens is 3. The first-order valence-corrected chi connectivity index (χ1v) is 8.25. The summed E-state index contributed by atoms with van der Waals surface area (Å²) in [5.41, 5.74) is 1.49. The predicted molar refractivity (Wildman–Crippen MR) is 95.1 cm³/mol. The second-order valence-electron chi connectivity index (χ2n) is 6.08. The topological polar surface area (TPSA) is 17.1 Å². The van der Waals surface area contributed by atoms with Gasteiger partial charge in [0.25, 0.3) is 0 Å². The van der Waals surface area contributed by atoms with Crippen molar-refractivity contribution >= 4 is 5.78 Å². The Labute approximate surface area is 150 Å². The van der Waals surface area contributed by atoms with Gasteiger partial charge in [-0.15, -0.1) is 0 Å². The van der Waals surface area contributed by atoms with Gasteiger partial charge in [-0.3, -0.25) is 4.79 Å². The Kier molecular flexibility index (Phi) is 5.21. The van der Waals surface area contributed by atoms with Crippen molar-refractivity contribution < 1.29 is 18.0 Å². The van der Waals surface area contributed by atoms with Gasteiger partial charge in [-0.25, -0.2) is 0 Å². The van der Waals surface area contributed by atoms with Gasteiger partial charge in [0.05, 0.1) is 5.56 Å². The Morgan fingerprint density at radius 1 is 0.731 bits per heavy atom. The molecule has 0 fully saturated rings. The average Bonchev–Trinajstić information content (AvgIpc) is 2.67. The molecule has 0 heterocycles. The van der Waals surface area contributed by atoms with E-state index in [2.05, 4.69) is 0 Å². The molecule has 1 unspecified atom stereocenters. The van der Waals surface area contributed by atoms with Gasteiger partial charge in [0.2, 0.25) is 0 Å². The molecule has 0 spiro atoms. The highest BCUT2D eigenvalue weighted by Gasteiger charge is 2.30. The lowest BCUT2D eigenvalue weighted by molar-refractivity contribution is -0.137. The predicted octanol–water partition coefficient (Wildman–Crippen LogP) is 6.11. The molecule has 1 nitrogen and oxygen atoms in total. The molecule has 1 atom stereocenters. The molecule has 3 aromatic carbocycles. The molecule has 3 aromatic rings. The second kappa shape index (κ2) is 7.56. The van der Waals surface area contributed by atoms with Crippen LogP contribution < -0.4 is 0 Å². The summed E-state index contributed by atoms with van der Waals surface area (Å²) in [6.45, 7) is 0. The summed E-state index contributed by atoms with van der Waals surface area (Å²) in [6.07, 6.45) is -4.18. The molecule has 3 rings (SSSR count). The maximum atomic E-state index is 12.8. The minimum absolute atomic E-state index is 0.0423. The fraction of sp³-hybridized carbons (Fsp3) is 0.136. The molecule has 0 aliphatic heterocycles. The van der Waals surface area contributed by atoms with E-state index in [0.29, 0.717) is 11.1 Å². The smallest absolute Gasteiger partial charge is 0.294 e. The molecule has 0 aliphatic carbocycles. The van der Waals surface area contributed by atoms with E-state index in [0.717, 1.165) is 17.7 Å². The van der Waals surface area contributed by atoms with Crippen molar-refractivity contribution in [2.24, 2.45) is 0 Å². The van der Waals surface area contributed by atoms with E-state index in [1.807, 2.05) is 36.4 Å². The molecule has 132 valence electrons. The summed E-state index contributed by atoms with van der Waals surface area (Å²) in [5, 5.41) is 0. The number of hydrogen-bond donors (Lipinski definition) is 0. The largest absolute Gasteiger partial charge is 0.416 e. The van der Waals surface area contributed by atoms with E-state index in [9.17, 15) is 18.0 Å². The Bertz CT molecular complexity index is 853. The fourth-order valence-electron chi connectivity index (χ4n) is 2.95. The van der Waals surface area contributed by atoms with Crippen molar-refractivity contribution in [2.45, 2.75) is 18.5 Å². The van der Waals surface area contributed by atoms with Crippen LogP contribution in [0, 0.1) is 0 Å². The van der Waals surface area contributed by atoms with Gasteiger partial charge in [0, 0.05) is 17.9 Å². The number of carbonyl (C=O) groups is 1. The Hall–Kier alpha value is -2.88. The first-order valence-electron chi connectivity index (χ1n) is 8.25. The van der Waals surface area contributed by atoms with Crippen molar-refractivity contribution in [3.63, 3.8) is 0 Å². The minimum atomic E-state index is -4.37. The van der Waals surface area contributed by atoms with Crippen molar-refractivity contribution in [3.05, 3.63) is 107 Å². The first-order chi connectivity index (χ1) is 12.4. The molecule has 26 heavy (non-hydrogen) atoms. The lowest BCUT2D eigenvalue weighted by atomic mass is 9.85. The number of ketones is 1. The number of hydrogen-bond acceptors (Lipinski definition) is 1. The number of Topliss-reactive ketones (excluding diaryl/α,β-unsaturated/α-hetero) is 1. The van der Waals surface area contributed by atoms with Gasteiger partial charge in [0.15, 0.2) is 5.78 Å². The van der Waals surface area contributed by atoms with Crippen molar-refractivity contribution in [1.29, 1.82) is 0 Å². The van der Waals surface area contributed by atoms with Gasteiger partial charge in [0.1, 0.15) is 0 Å². The number of carbonyl (C=O) groups excluding carboxylic acids is 1. The Balaban J connectivity index is 1.93. The monoisotopic (exact) mass is 354 g/mol. The summed E-state index contributed by atoms with van der Waals surface area (Å²) in [6, 6.07) is 23.3. The fourth-order valence-corrected chi connectivity index (χ4v) is 2.95. The molecule has 0 amide bonds. The molecule has 0 aromatic heterocycles.